The smallest absolute Gasteiger partial charge is 0.332 e. The first kappa shape index (κ1) is 13.0. The Balaban J connectivity index is 0. The second kappa shape index (κ2) is 9.39. The van der Waals surface area contributed by atoms with Crippen LogP contribution in [-0.4, -0.2) is 37.9 Å². The van der Waals surface area contributed by atoms with Crippen LogP contribution in [0.2, 0.25) is 0 Å². The third-order valence-electron chi connectivity index (χ3n) is 1.05. The zero-order valence-electron chi connectivity index (χ0n) is 7.55. The molecule has 0 heterocycles. The fourth-order valence-electron chi connectivity index (χ4n) is 0.101. The van der Waals surface area contributed by atoms with Crippen LogP contribution in [0.15, 0.2) is 0 Å². The summed E-state index contributed by atoms with van der Waals surface area (Å²) >= 11 is 0. The van der Waals surface area contributed by atoms with E-state index >= 15 is 0 Å². The van der Waals surface area contributed by atoms with E-state index < -0.39 is 12.1 Å². The molecule has 0 aliphatic heterocycles. The third-order valence-corrected chi connectivity index (χ3v) is 1.05. The Labute approximate surface area is 67.6 Å². The molecule has 11 heavy (non-hydrogen) atoms. The molecule has 2 N–H and O–H groups in total. The largest absolute Gasteiger partial charge is 0.479 e. The molecule has 0 aromatic rings. The summed E-state index contributed by atoms with van der Waals surface area (Å²) in [6, 6.07) is 0. The molecule has 0 saturated carbocycles. The second-order valence-corrected chi connectivity index (χ2v) is 1.92. The lowest BCUT2D eigenvalue weighted by Gasteiger charge is -1.98. The Hall–Kier alpha value is -0.610. The zero-order chi connectivity index (χ0) is 9.28. The van der Waals surface area contributed by atoms with Crippen LogP contribution in [0.5, 0.6) is 0 Å². The molecule has 0 spiro atoms. The summed E-state index contributed by atoms with van der Waals surface area (Å²) in [6.45, 7) is 4.61. The summed E-state index contributed by atoms with van der Waals surface area (Å²) in [5.41, 5.74) is 0. The Kier molecular flexibility index (Phi) is 11.1. The SMILES string of the molecule is CCNC.COC(C)C(=O)O. The van der Waals surface area contributed by atoms with Crippen LogP contribution in [0.25, 0.3) is 0 Å². The van der Waals surface area contributed by atoms with Gasteiger partial charge in [0, 0.05) is 7.11 Å². The molecule has 4 nitrogen and oxygen atoms in total. The summed E-state index contributed by atoms with van der Waals surface area (Å²) in [6.07, 6.45) is -0.681. The van der Waals surface area contributed by atoms with Crippen molar-refractivity contribution in [2.45, 2.75) is 20.0 Å². The number of carboxylic acids is 1. The molecule has 4 heteroatoms. The second-order valence-electron chi connectivity index (χ2n) is 1.92. The fraction of sp³-hybridized carbons (Fsp3) is 0.857. The van der Waals surface area contributed by atoms with Gasteiger partial charge in [-0.25, -0.2) is 4.79 Å². The number of hydrogen-bond donors (Lipinski definition) is 2. The summed E-state index contributed by atoms with van der Waals surface area (Å²) in [5.74, 6) is -0.928. The molecule has 0 rings (SSSR count). The highest BCUT2D eigenvalue weighted by atomic mass is 16.5. The Morgan fingerprint density at radius 1 is 1.73 bits per heavy atom. The molecule has 0 aliphatic carbocycles. The van der Waals surface area contributed by atoms with Crippen LogP contribution in [0.4, 0.5) is 0 Å². The first-order valence-corrected chi connectivity index (χ1v) is 3.50. The van der Waals surface area contributed by atoms with E-state index in [1.807, 2.05) is 7.05 Å². The van der Waals surface area contributed by atoms with Crippen molar-refractivity contribution < 1.29 is 14.6 Å². The minimum atomic E-state index is -0.928. The molecule has 0 aromatic heterocycles. The van der Waals surface area contributed by atoms with E-state index in [1.165, 1.54) is 14.0 Å². The van der Waals surface area contributed by atoms with Gasteiger partial charge in [0.1, 0.15) is 0 Å². The van der Waals surface area contributed by atoms with Crippen molar-refractivity contribution in [3.8, 4) is 0 Å². The van der Waals surface area contributed by atoms with E-state index in [-0.39, 0.29) is 0 Å². The monoisotopic (exact) mass is 163 g/mol. The van der Waals surface area contributed by atoms with E-state index in [0.29, 0.717) is 0 Å². The Morgan fingerprint density at radius 2 is 2.09 bits per heavy atom. The summed E-state index contributed by atoms with van der Waals surface area (Å²) in [4.78, 5) is 9.81. The van der Waals surface area contributed by atoms with Crippen LogP contribution < -0.4 is 5.32 Å². The number of carbonyl (C=O) groups is 1. The molecule has 0 aromatic carbocycles. The predicted octanol–water partition coefficient (Wildman–Crippen LogP) is 0.332. The first-order chi connectivity index (χ1) is 5.09. The van der Waals surface area contributed by atoms with Gasteiger partial charge in [-0.15, -0.1) is 0 Å². The van der Waals surface area contributed by atoms with Crippen LogP contribution >= 0.6 is 0 Å². The highest BCUT2D eigenvalue weighted by Crippen LogP contribution is 1.83. The number of ether oxygens (including phenoxy) is 1. The van der Waals surface area contributed by atoms with Crippen LogP contribution in [0, 0.1) is 0 Å². The maximum Gasteiger partial charge on any atom is 0.332 e. The first-order valence-electron chi connectivity index (χ1n) is 3.50. The van der Waals surface area contributed by atoms with E-state index in [1.54, 1.807) is 0 Å². The zero-order valence-corrected chi connectivity index (χ0v) is 7.55. The number of carboxylic acid groups (broad SMARTS) is 1. The van der Waals surface area contributed by atoms with Crippen LogP contribution in [-0.2, 0) is 9.53 Å². The van der Waals surface area contributed by atoms with Crippen molar-refractivity contribution in [1.82, 2.24) is 5.32 Å². The number of aliphatic carboxylic acids is 1. The van der Waals surface area contributed by atoms with E-state index in [2.05, 4.69) is 17.0 Å². The summed E-state index contributed by atoms with van der Waals surface area (Å²) in [7, 11) is 3.29. The van der Waals surface area contributed by atoms with Crippen molar-refractivity contribution in [1.29, 1.82) is 0 Å². The molecule has 0 radical (unpaired) electrons. The topological polar surface area (TPSA) is 58.6 Å². The molecule has 0 bridgehead atoms. The van der Waals surface area contributed by atoms with Gasteiger partial charge in [-0.2, -0.15) is 0 Å². The molecule has 1 atom stereocenters. The van der Waals surface area contributed by atoms with Crippen molar-refractivity contribution in [2.75, 3.05) is 20.7 Å². The van der Waals surface area contributed by atoms with Crippen LogP contribution in [0.3, 0.4) is 0 Å². The number of methoxy groups -OCH3 is 1. The lowest BCUT2D eigenvalue weighted by molar-refractivity contribution is -0.147. The average molecular weight is 163 g/mol. The van der Waals surface area contributed by atoms with Gasteiger partial charge in [0.15, 0.2) is 6.10 Å². The van der Waals surface area contributed by atoms with Gasteiger partial charge in [0.2, 0.25) is 0 Å². The third kappa shape index (κ3) is 12.6. The minimum absolute atomic E-state index is 0.681. The maximum atomic E-state index is 9.81. The average Bonchev–Trinajstić information content (AvgIpc) is 2.03. The molecule has 0 aliphatic rings. The van der Waals surface area contributed by atoms with Gasteiger partial charge in [-0.3, -0.25) is 0 Å². The van der Waals surface area contributed by atoms with Crippen molar-refractivity contribution in [3.05, 3.63) is 0 Å². The lowest BCUT2D eigenvalue weighted by atomic mass is 10.4. The van der Waals surface area contributed by atoms with Crippen molar-refractivity contribution >= 4 is 5.97 Å². The fourth-order valence-corrected chi connectivity index (χ4v) is 0.101. The molecule has 68 valence electrons. The quantitative estimate of drug-likeness (QED) is 0.629. The lowest BCUT2D eigenvalue weighted by Crippen LogP contribution is -2.17. The van der Waals surface area contributed by atoms with E-state index in [9.17, 15) is 4.79 Å². The molecular weight excluding hydrogens is 146 g/mol. The molecular formula is C7H17NO3. The van der Waals surface area contributed by atoms with Crippen molar-refractivity contribution in [3.63, 3.8) is 0 Å². The van der Waals surface area contributed by atoms with Gasteiger partial charge in [0.05, 0.1) is 0 Å². The highest BCUT2D eigenvalue weighted by molar-refractivity contribution is 5.71. The Morgan fingerprint density at radius 3 is 2.09 bits per heavy atom. The standard InChI is InChI=1S/C4H8O3.C3H9N/c1-3(7-2)4(5)6;1-3-4-2/h3H,1-2H3,(H,5,6);4H,3H2,1-2H3. The molecule has 1 unspecified atom stereocenters. The van der Waals surface area contributed by atoms with Gasteiger partial charge in [0.25, 0.3) is 0 Å². The molecule has 0 fully saturated rings. The van der Waals surface area contributed by atoms with Gasteiger partial charge >= 0.3 is 5.97 Å². The highest BCUT2D eigenvalue weighted by Gasteiger charge is 2.06. The molecule has 0 amide bonds. The molecule has 0 saturated heterocycles. The Bertz CT molecular complexity index is 93.7. The summed E-state index contributed by atoms with van der Waals surface area (Å²) in [5, 5.41) is 11.0. The van der Waals surface area contributed by atoms with E-state index in [4.69, 9.17) is 5.11 Å². The van der Waals surface area contributed by atoms with E-state index in [0.717, 1.165) is 6.54 Å². The number of rotatable bonds is 3. The predicted molar refractivity (Wildman–Crippen MR) is 43.7 cm³/mol. The normalized spacial score (nSPS) is 11.3. The van der Waals surface area contributed by atoms with Crippen molar-refractivity contribution in [2.24, 2.45) is 0 Å². The van der Waals surface area contributed by atoms with Gasteiger partial charge in [-0.1, -0.05) is 6.92 Å². The maximum absolute atomic E-state index is 9.81. The number of hydrogen-bond acceptors (Lipinski definition) is 3. The van der Waals surface area contributed by atoms with Crippen LogP contribution in [0.1, 0.15) is 13.8 Å². The van der Waals surface area contributed by atoms with Gasteiger partial charge in [-0.05, 0) is 20.5 Å². The van der Waals surface area contributed by atoms with Gasteiger partial charge < -0.3 is 15.2 Å². The minimum Gasteiger partial charge on any atom is -0.479 e. The summed E-state index contributed by atoms with van der Waals surface area (Å²) < 4.78 is 4.41. The number of nitrogens with one attached hydrogen (secondary N) is 1.